The zero-order chi connectivity index (χ0) is 38.1. The van der Waals surface area contributed by atoms with Crippen molar-refractivity contribution in [3.8, 4) is 22.3 Å². The molecule has 2 aliphatic rings. The minimum atomic E-state index is -3.44. The van der Waals surface area contributed by atoms with Gasteiger partial charge in [-0.3, -0.25) is 0 Å². The van der Waals surface area contributed by atoms with Crippen molar-refractivity contribution in [1.29, 1.82) is 0 Å². The van der Waals surface area contributed by atoms with Crippen LogP contribution in [0.4, 0.5) is 5.69 Å². The molecule has 0 heterocycles. The number of nitrogen functional groups attached to an aromatic ring is 1. The van der Waals surface area contributed by atoms with Crippen LogP contribution in [0.15, 0.2) is 84.9 Å². The second kappa shape index (κ2) is 19.5. The van der Waals surface area contributed by atoms with Gasteiger partial charge < -0.3 is 0 Å². The molecule has 290 valence electrons. The van der Waals surface area contributed by atoms with Crippen molar-refractivity contribution in [2.24, 2.45) is 0 Å². The molecule has 7 heteroatoms. The summed E-state index contributed by atoms with van der Waals surface area (Å²) in [4.78, 5) is 0. The standard InChI is InChI=1S/C33H49P.C12H10N.CH4O3S.Pd/c1-23(2)26-21-30(24(3)4)33(31(22-26)25(5)6)29-19-13-14-20-32(29)34(27-15-9-7-10-16-27)28-17-11-8-12-18-28;13-12-9-5-4-8-11(12)10-6-2-1-3-7-10;1-5(2,3)4;/h13-14,19-25,27-28H,7-12,15-18H2,1-6H3;1-6,8-9H,13H2;1H3,(H,2,3,4);/q;;;+1/p-1. The van der Waals surface area contributed by atoms with E-state index in [0.717, 1.165) is 32.7 Å². The molecule has 0 unspecified atom stereocenters. The van der Waals surface area contributed by atoms with Gasteiger partial charge in [0, 0.05) is 0 Å². The number of anilines is 1. The van der Waals surface area contributed by atoms with Gasteiger partial charge in [-0.05, 0) is 87.9 Å². The summed E-state index contributed by atoms with van der Waals surface area (Å²) in [6.45, 7) is 14.3. The Morgan fingerprint density at radius 3 is 1.60 bits per heavy atom. The van der Waals surface area contributed by atoms with Crippen LogP contribution in [0.25, 0.3) is 22.3 Å². The predicted octanol–water partition coefficient (Wildman–Crippen LogP) is 12.0. The normalized spacial score (nSPS) is 16.1. The number of rotatable bonds is 11. The van der Waals surface area contributed by atoms with E-state index in [2.05, 4.69) is 77.9 Å². The number of nitrogens with two attached hydrogens (primary N) is 1. The molecular weight excluding hydrogens is 784 g/mol. The third-order valence-corrected chi connectivity index (χ3v) is 17.4. The van der Waals surface area contributed by atoms with Gasteiger partial charge in [-0.15, -0.1) is 0 Å². The molecule has 0 atom stereocenters. The summed E-state index contributed by atoms with van der Waals surface area (Å²) in [5.41, 5.74) is 18.1. The van der Waals surface area contributed by atoms with Crippen LogP contribution in [0.2, 0.25) is 0 Å². The molecule has 53 heavy (non-hydrogen) atoms. The van der Waals surface area contributed by atoms with E-state index >= 15 is 0 Å². The number of para-hydroxylation sites is 1. The van der Waals surface area contributed by atoms with Crippen LogP contribution in [0.1, 0.15) is 140 Å². The van der Waals surface area contributed by atoms with Gasteiger partial charge in [-0.1, -0.05) is 124 Å². The summed E-state index contributed by atoms with van der Waals surface area (Å²) in [7, 11) is -3.56. The summed E-state index contributed by atoms with van der Waals surface area (Å²) in [5, 5.41) is 1.75. The van der Waals surface area contributed by atoms with Crippen molar-refractivity contribution in [3.05, 3.63) is 102 Å². The Morgan fingerprint density at radius 1 is 0.642 bits per heavy atom. The van der Waals surface area contributed by atoms with E-state index in [1.807, 2.05) is 48.5 Å². The van der Waals surface area contributed by atoms with E-state index < -0.39 is 28.5 Å². The van der Waals surface area contributed by atoms with Crippen molar-refractivity contribution >= 4 is 33.1 Å². The molecule has 0 aliphatic heterocycles. The minimum absolute atomic E-state index is 0.120. The van der Waals surface area contributed by atoms with Gasteiger partial charge in [0.25, 0.3) is 0 Å². The quantitative estimate of drug-likeness (QED) is 0.0927. The number of benzene rings is 4. The zero-order valence-electron chi connectivity index (χ0n) is 33.0. The average Bonchev–Trinajstić information content (AvgIpc) is 3.15. The van der Waals surface area contributed by atoms with Crippen LogP contribution in [-0.2, 0) is 31.4 Å². The second-order valence-corrected chi connectivity index (χ2v) is 22.1. The predicted molar refractivity (Wildman–Crippen MR) is 226 cm³/mol. The Hall–Kier alpha value is -2.32. The van der Waals surface area contributed by atoms with Crippen molar-refractivity contribution in [1.82, 2.24) is 0 Å². The molecule has 0 saturated heterocycles. The Kier molecular flexibility index (Phi) is 15.4. The number of hydrogen-bond donors (Lipinski definition) is 1. The van der Waals surface area contributed by atoms with Crippen LogP contribution in [-0.4, -0.2) is 26.0 Å². The molecule has 2 N–H and O–H groups in total. The molecule has 4 aromatic rings. The van der Waals surface area contributed by atoms with E-state index in [-0.39, 0.29) is 7.92 Å². The van der Waals surface area contributed by atoms with Crippen molar-refractivity contribution in [2.45, 2.75) is 135 Å². The first kappa shape index (κ1) is 41.8. The van der Waals surface area contributed by atoms with Gasteiger partial charge in [0.05, 0.1) is 0 Å². The summed E-state index contributed by atoms with van der Waals surface area (Å²) >= 11 is -0.483. The van der Waals surface area contributed by atoms with Gasteiger partial charge in [0.15, 0.2) is 0 Å². The molecular formula is C46H62NO3PPdS. The van der Waals surface area contributed by atoms with E-state index in [4.69, 9.17) is 8.64 Å². The molecule has 6 rings (SSSR count). The molecule has 0 amide bonds. The molecule has 0 bridgehead atoms. The van der Waals surface area contributed by atoms with E-state index in [1.165, 1.54) is 69.8 Å². The summed E-state index contributed by atoms with van der Waals surface area (Å²) in [5.74, 6) is 1.64. The monoisotopic (exact) mass is 845 g/mol. The molecule has 0 radical (unpaired) electrons. The molecule has 4 nitrogen and oxygen atoms in total. The molecule has 2 saturated carbocycles. The molecule has 4 aromatic carbocycles. The first-order chi connectivity index (χ1) is 25.4. The summed E-state index contributed by atoms with van der Waals surface area (Å²) in [6, 6.07) is 29.8. The average molecular weight is 846 g/mol. The van der Waals surface area contributed by atoms with Crippen LogP contribution in [0.5, 0.6) is 0 Å². The fourth-order valence-electron chi connectivity index (χ4n) is 8.12. The topological polar surface area (TPSA) is 69.4 Å². The van der Waals surface area contributed by atoms with Crippen LogP contribution < -0.4 is 15.1 Å². The first-order valence-corrected chi connectivity index (χ1v) is 24.5. The van der Waals surface area contributed by atoms with Crippen LogP contribution >= 0.6 is 7.92 Å². The van der Waals surface area contributed by atoms with Crippen molar-refractivity contribution in [2.75, 3.05) is 12.0 Å². The van der Waals surface area contributed by atoms with Crippen molar-refractivity contribution < 1.29 is 29.7 Å². The second-order valence-electron chi connectivity index (χ2n) is 15.9. The third kappa shape index (κ3) is 11.1. The summed E-state index contributed by atoms with van der Waals surface area (Å²) < 4.78 is 27.9. The SMILES string of the molecule is CC(C)c1cc(C(C)C)c(-c2ccccc2P(C2CCCCC2)C2CCCCC2)c(C(C)C)c1.CS(=O)(=O)[O][Pd][c]1ccccc1-c1ccccc1N. The van der Waals surface area contributed by atoms with Gasteiger partial charge >= 0.3 is 121 Å². The number of hydrogen-bond acceptors (Lipinski definition) is 4. The molecule has 2 aliphatic carbocycles. The molecule has 2 fully saturated rings. The van der Waals surface area contributed by atoms with Crippen LogP contribution in [0.3, 0.4) is 0 Å². The van der Waals surface area contributed by atoms with Crippen molar-refractivity contribution in [3.63, 3.8) is 0 Å². The Bertz CT molecular complexity index is 1850. The summed E-state index contributed by atoms with van der Waals surface area (Å²) in [6.07, 6.45) is 15.7. The van der Waals surface area contributed by atoms with E-state index in [9.17, 15) is 8.42 Å². The Labute approximate surface area is 331 Å². The van der Waals surface area contributed by atoms with E-state index in [0.29, 0.717) is 23.4 Å². The van der Waals surface area contributed by atoms with Gasteiger partial charge in [-0.2, -0.15) is 0 Å². The Morgan fingerprint density at radius 2 is 1.11 bits per heavy atom. The first-order valence-electron chi connectivity index (χ1n) is 19.8. The maximum atomic E-state index is 11.1. The van der Waals surface area contributed by atoms with E-state index in [1.54, 1.807) is 27.6 Å². The zero-order valence-corrected chi connectivity index (χ0v) is 36.3. The molecule has 0 aromatic heterocycles. The van der Waals surface area contributed by atoms with Gasteiger partial charge in [-0.25, -0.2) is 0 Å². The maximum absolute atomic E-state index is 11.1. The fraction of sp³-hybridized carbons (Fsp3) is 0.478. The van der Waals surface area contributed by atoms with Crippen LogP contribution in [0, 0.1) is 0 Å². The molecule has 0 spiro atoms. The third-order valence-electron chi connectivity index (χ3n) is 10.8. The van der Waals surface area contributed by atoms with Gasteiger partial charge in [0.2, 0.25) is 0 Å². The fourth-order valence-corrected chi connectivity index (χ4v) is 14.1. The van der Waals surface area contributed by atoms with Gasteiger partial charge in [0.1, 0.15) is 0 Å². The Balaban J connectivity index is 0.000000241.